The first-order valence-electron chi connectivity index (χ1n) is 10.7. The molecule has 0 aliphatic carbocycles. The van der Waals surface area contributed by atoms with E-state index < -0.39 is 17.9 Å². The summed E-state index contributed by atoms with van der Waals surface area (Å²) in [6.07, 6.45) is 4.93. The number of pyridine rings is 1. The van der Waals surface area contributed by atoms with Crippen molar-refractivity contribution in [1.82, 2.24) is 15.0 Å². The Bertz CT molecular complexity index is 1180. The van der Waals surface area contributed by atoms with Crippen LogP contribution in [0.3, 0.4) is 0 Å². The third kappa shape index (κ3) is 5.27. The van der Waals surface area contributed by atoms with Crippen molar-refractivity contribution in [1.29, 1.82) is 0 Å². The lowest BCUT2D eigenvalue weighted by atomic mass is 10.0. The first-order valence-corrected chi connectivity index (χ1v) is 10.7. The molecule has 1 aliphatic heterocycles. The zero-order chi connectivity index (χ0) is 24.1. The third-order valence-corrected chi connectivity index (χ3v) is 5.44. The average Bonchev–Trinajstić information content (AvgIpc) is 2.85. The van der Waals surface area contributed by atoms with Gasteiger partial charge in [-0.25, -0.2) is 9.97 Å². The van der Waals surface area contributed by atoms with Crippen molar-refractivity contribution in [2.24, 2.45) is 5.73 Å². The molecule has 1 aliphatic rings. The molecule has 3 heterocycles. The highest BCUT2D eigenvalue weighted by molar-refractivity contribution is 6.07. The molecule has 1 fully saturated rings. The molecule has 176 valence electrons. The van der Waals surface area contributed by atoms with Gasteiger partial charge in [-0.3, -0.25) is 14.6 Å². The van der Waals surface area contributed by atoms with E-state index in [1.807, 2.05) is 6.07 Å². The van der Waals surface area contributed by atoms with Crippen LogP contribution in [0.1, 0.15) is 16.1 Å². The highest BCUT2D eigenvalue weighted by atomic mass is 16.5. The van der Waals surface area contributed by atoms with E-state index in [1.54, 1.807) is 36.7 Å². The van der Waals surface area contributed by atoms with Gasteiger partial charge in [-0.2, -0.15) is 0 Å². The molecule has 4 rings (SSSR count). The van der Waals surface area contributed by atoms with Gasteiger partial charge in [-0.05, 0) is 18.1 Å². The molecule has 1 aromatic carbocycles. The molecule has 0 spiro atoms. The fraction of sp³-hybridized carbons (Fsp3) is 0.261. The van der Waals surface area contributed by atoms with Crippen molar-refractivity contribution < 1.29 is 19.4 Å². The normalized spacial score (nSPS) is 14.4. The van der Waals surface area contributed by atoms with E-state index in [9.17, 15) is 9.59 Å². The summed E-state index contributed by atoms with van der Waals surface area (Å²) in [6.45, 7) is 2.63. The van der Waals surface area contributed by atoms with Gasteiger partial charge in [0.25, 0.3) is 5.91 Å². The Morgan fingerprint density at radius 2 is 1.88 bits per heavy atom. The lowest BCUT2D eigenvalue weighted by Gasteiger charge is -2.30. The Morgan fingerprint density at radius 1 is 1.15 bits per heavy atom. The maximum absolute atomic E-state index is 13.1. The predicted molar refractivity (Wildman–Crippen MR) is 126 cm³/mol. The highest BCUT2D eigenvalue weighted by Gasteiger charge is 2.20. The molecule has 0 saturated carbocycles. The highest BCUT2D eigenvalue weighted by Crippen LogP contribution is 2.26. The van der Waals surface area contributed by atoms with E-state index in [2.05, 4.69) is 25.2 Å². The molecule has 1 saturated heterocycles. The van der Waals surface area contributed by atoms with E-state index in [0.717, 1.165) is 11.3 Å². The van der Waals surface area contributed by atoms with Crippen molar-refractivity contribution in [2.75, 3.05) is 42.3 Å². The molecular weight excluding hydrogens is 438 g/mol. The lowest BCUT2D eigenvalue weighted by Crippen LogP contribution is -2.36. The van der Waals surface area contributed by atoms with Crippen LogP contribution in [0.15, 0.2) is 48.9 Å². The largest absolute Gasteiger partial charge is 0.480 e. The van der Waals surface area contributed by atoms with E-state index in [0.29, 0.717) is 43.2 Å². The van der Waals surface area contributed by atoms with E-state index in [4.69, 9.17) is 21.3 Å². The molecule has 11 nitrogen and oxygen atoms in total. The summed E-state index contributed by atoms with van der Waals surface area (Å²) in [5.74, 6) is -1.56. The van der Waals surface area contributed by atoms with E-state index in [1.165, 1.54) is 6.20 Å². The van der Waals surface area contributed by atoms with Gasteiger partial charge in [0, 0.05) is 24.8 Å². The Balaban J connectivity index is 1.54. The molecule has 2 aromatic heterocycles. The lowest BCUT2D eigenvalue weighted by molar-refractivity contribution is -0.138. The number of amides is 1. The number of rotatable bonds is 7. The number of carboxylic acids is 1. The molecule has 3 aromatic rings. The summed E-state index contributed by atoms with van der Waals surface area (Å²) in [5.41, 5.74) is 14.9. The number of nitrogen functional groups attached to an aromatic ring is 1. The number of aliphatic carboxylic acids is 1. The van der Waals surface area contributed by atoms with Crippen LogP contribution in [-0.2, 0) is 16.0 Å². The summed E-state index contributed by atoms with van der Waals surface area (Å²) >= 11 is 0. The van der Waals surface area contributed by atoms with Gasteiger partial charge in [0.15, 0.2) is 11.5 Å². The maximum Gasteiger partial charge on any atom is 0.320 e. The van der Waals surface area contributed by atoms with Gasteiger partial charge in [0.05, 0.1) is 42.7 Å². The fourth-order valence-electron chi connectivity index (χ4n) is 3.60. The summed E-state index contributed by atoms with van der Waals surface area (Å²) in [5, 5.41) is 11.8. The smallest absolute Gasteiger partial charge is 0.320 e. The minimum atomic E-state index is -1.06. The van der Waals surface area contributed by atoms with Crippen molar-refractivity contribution in [3.8, 4) is 11.3 Å². The number of hydrogen-bond donors (Lipinski definition) is 4. The van der Waals surface area contributed by atoms with Gasteiger partial charge in [0.1, 0.15) is 6.04 Å². The molecule has 1 amide bonds. The number of anilines is 3. The monoisotopic (exact) mass is 463 g/mol. The van der Waals surface area contributed by atoms with Crippen LogP contribution in [-0.4, -0.2) is 64.3 Å². The average molecular weight is 463 g/mol. The molecule has 0 bridgehead atoms. The van der Waals surface area contributed by atoms with Crippen LogP contribution >= 0.6 is 0 Å². The number of nitrogens with one attached hydrogen (secondary N) is 1. The zero-order valence-corrected chi connectivity index (χ0v) is 18.3. The van der Waals surface area contributed by atoms with Crippen LogP contribution in [0.2, 0.25) is 0 Å². The number of carboxylic acid groups (broad SMARTS) is 1. The zero-order valence-electron chi connectivity index (χ0n) is 18.3. The van der Waals surface area contributed by atoms with Crippen molar-refractivity contribution >= 4 is 29.1 Å². The Labute approximate surface area is 195 Å². The van der Waals surface area contributed by atoms with Gasteiger partial charge in [0.2, 0.25) is 0 Å². The minimum absolute atomic E-state index is 0.00196. The van der Waals surface area contributed by atoms with E-state index >= 15 is 0 Å². The Kier molecular flexibility index (Phi) is 6.95. The van der Waals surface area contributed by atoms with Gasteiger partial charge in [-0.15, -0.1) is 0 Å². The summed E-state index contributed by atoms with van der Waals surface area (Å²) in [4.78, 5) is 38.8. The number of carbonyl (C=O) groups excluding carboxylic acids is 1. The third-order valence-electron chi connectivity index (χ3n) is 5.44. The first-order chi connectivity index (χ1) is 16.4. The minimum Gasteiger partial charge on any atom is -0.480 e. The quantitative estimate of drug-likeness (QED) is 0.399. The molecule has 0 unspecified atom stereocenters. The standard InChI is InChI=1S/C23H25N7O4/c24-16(23(32)33)11-14-1-3-15(4-2-14)17-13-27-21(25)20(28-17)22(31)29-18-12-26-6-5-19(18)30-7-9-34-10-8-30/h1-6,12-13,16H,7-11,24H2,(H2,25,27)(H,29,31)(H,32,33)/t16-/m1/s1. The summed E-state index contributed by atoms with van der Waals surface area (Å²) < 4.78 is 5.41. The first kappa shape index (κ1) is 23.1. The van der Waals surface area contributed by atoms with Crippen LogP contribution in [0.5, 0.6) is 0 Å². The second-order valence-corrected chi connectivity index (χ2v) is 7.78. The van der Waals surface area contributed by atoms with Crippen LogP contribution in [0.25, 0.3) is 11.3 Å². The molecule has 11 heteroatoms. The van der Waals surface area contributed by atoms with Crippen LogP contribution in [0, 0.1) is 0 Å². The number of ether oxygens (including phenoxy) is 1. The Hall–Kier alpha value is -4.09. The molecule has 34 heavy (non-hydrogen) atoms. The summed E-state index contributed by atoms with van der Waals surface area (Å²) in [7, 11) is 0. The molecule has 6 N–H and O–H groups in total. The van der Waals surface area contributed by atoms with E-state index in [-0.39, 0.29) is 17.9 Å². The molecular formula is C23H25N7O4. The molecule has 1 atom stereocenters. The van der Waals surface area contributed by atoms with Crippen molar-refractivity contribution in [2.45, 2.75) is 12.5 Å². The number of benzene rings is 1. The second-order valence-electron chi connectivity index (χ2n) is 7.78. The topological polar surface area (TPSA) is 170 Å². The number of hydrogen-bond acceptors (Lipinski definition) is 9. The predicted octanol–water partition coefficient (Wildman–Crippen LogP) is 1.16. The summed E-state index contributed by atoms with van der Waals surface area (Å²) in [6, 6.07) is 7.92. The van der Waals surface area contributed by atoms with Gasteiger partial charge < -0.3 is 31.5 Å². The SMILES string of the molecule is Nc1ncc(-c2ccc(C[C@@H](N)C(=O)O)cc2)nc1C(=O)Nc1cnccc1N1CCOCC1. The Morgan fingerprint density at radius 3 is 2.59 bits per heavy atom. The van der Waals surface area contributed by atoms with Gasteiger partial charge in [-0.1, -0.05) is 24.3 Å². The fourth-order valence-corrected chi connectivity index (χ4v) is 3.60. The number of nitrogens with two attached hydrogens (primary N) is 2. The van der Waals surface area contributed by atoms with Crippen molar-refractivity contribution in [3.05, 3.63) is 60.2 Å². The number of morpholine rings is 1. The van der Waals surface area contributed by atoms with Crippen LogP contribution < -0.4 is 21.7 Å². The number of nitrogens with zero attached hydrogens (tertiary/aromatic N) is 4. The molecule has 0 radical (unpaired) electrons. The number of aromatic nitrogens is 3. The maximum atomic E-state index is 13.1. The van der Waals surface area contributed by atoms with Crippen molar-refractivity contribution in [3.63, 3.8) is 0 Å². The number of carbonyl (C=O) groups is 2. The van der Waals surface area contributed by atoms with Crippen LogP contribution in [0.4, 0.5) is 17.2 Å². The second kappa shape index (κ2) is 10.2. The van der Waals surface area contributed by atoms with Gasteiger partial charge >= 0.3 is 5.97 Å².